The van der Waals surface area contributed by atoms with Gasteiger partial charge in [0.2, 0.25) is 0 Å². The predicted molar refractivity (Wildman–Crippen MR) is 73.5 cm³/mol. The summed E-state index contributed by atoms with van der Waals surface area (Å²) in [5.41, 5.74) is 1.30. The van der Waals surface area contributed by atoms with E-state index in [4.69, 9.17) is 5.11 Å². The van der Waals surface area contributed by atoms with Crippen molar-refractivity contribution in [3.63, 3.8) is 0 Å². The number of rotatable bonds is 5. The van der Waals surface area contributed by atoms with Crippen molar-refractivity contribution in [2.75, 3.05) is 13.1 Å². The van der Waals surface area contributed by atoms with E-state index < -0.39 is 11.9 Å². The fourth-order valence-corrected chi connectivity index (χ4v) is 2.48. The maximum atomic E-state index is 12.4. The van der Waals surface area contributed by atoms with Crippen molar-refractivity contribution in [3.05, 3.63) is 17.5 Å². The molecule has 1 unspecified atom stereocenters. The van der Waals surface area contributed by atoms with Crippen molar-refractivity contribution in [1.82, 2.24) is 14.7 Å². The van der Waals surface area contributed by atoms with E-state index in [0.717, 1.165) is 19.4 Å². The van der Waals surface area contributed by atoms with Crippen molar-refractivity contribution in [2.45, 2.75) is 39.7 Å². The van der Waals surface area contributed by atoms with E-state index >= 15 is 0 Å². The number of carboxylic acids is 1. The molecule has 1 N–H and O–H groups in total. The van der Waals surface area contributed by atoms with Gasteiger partial charge in [0.1, 0.15) is 0 Å². The maximum Gasteiger partial charge on any atom is 0.308 e. The first kappa shape index (κ1) is 14.6. The van der Waals surface area contributed by atoms with Crippen molar-refractivity contribution >= 4 is 11.9 Å². The number of hydrogen-bond donors (Lipinski definition) is 1. The number of hydrogen-bond acceptors (Lipinski definition) is 3. The van der Waals surface area contributed by atoms with Gasteiger partial charge in [0.05, 0.1) is 17.2 Å². The number of carbonyl (C=O) groups is 2. The van der Waals surface area contributed by atoms with Crippen LogP contribution in [-0.4, -0.2) is 44.8 Å². The van der Waals surface area contributed by atoms with Gasteiger partial charge in [0.25, 0.3) is 5.91 Å². The molecule has 1 saturated heterocycles. The molecule has 110 valence electrons. The lowest BCUT2D eigenvalue weighted by atomic mass is 10.1. The Labute approximate surface area is 118 Å². The first-order chi connectivity index (χ1) is 9.52. The SMILES string of the molecule is CCCCn1cc(C(=O)N2CCC(C(=O)O)C2)c(C)n1. The number of aromatic nitrogens is 2. The zero-order valence-electron chi connectivity index (χ0n) is 12.0. The molecule has 1 atom stereocenters. The molecule has 2 rings (SSSR count). The molecule has 6 heteroatoms. The van der Waals surface area contributed by atoms with Crippen LogP contribution in [0, 0.1) is 12.8 Å². The molecule has 1 aromatic heterocycles. The minimum absolute atomic E-state index is 0.103. The van der Waals surface area contributed by atoms with E-state index in [9.17, 15) is 9.59 Å². The Morgan fingerprint density at radius 1 is 1.50 bits per heavy atom. The van der Waals surface area contributed by atoms with Crippen LogP contribution in [0.2, 0.25) is 0 Å². The largest absolute Gasteiger partial charge is 0.481 e. The van der Waals surface area contributed by atoms with Crippen LogP contribution in [0.5, 0.6) is 0 Å². The smallest absolute Gasteiger partial charge is 0.308 e. The summed E-state index contributed by atoms with van der Waals surface area (Å²) in [6.07, 6.45) is 4.42. The fraction of sp³-hybridized carbons (Fsp3) is 0.643. The highest BCUT2D eigenvalue weighted by Crippen LogP contribution is 2.20. The molecule has 0 aromatic carbocycles. The first-order valence-corrected chi connectivity index (χ1v) is 7.09. The van der Waals surface area contributed by atoms with Crippen LogP contribution in [-0.2, 0) is 11.3 Å². The standard InChI is InChI=1S/C14H21N3O3/c1-3-4-6-17-9-12(10(2)15-17)13(18)16-7-5-11(8-16)14(19)20/h9,11H,3-8H2,1-2H3,(H,19,20). The lowest BCUT2D eigenvalue weighted by Crippen LogP contribution is -2.30. The second-order valence-electron chi connectivity index (χ2n) is 5.32. The molecule has 20 heavy (non-hydrogen) atoms. The third-order valence-corrected chi connectivity index (χ3v) is 3.74. The minimum atomic E-state index is -0.823. The van der Waals surface area contributed by atoms with Gasteiger partial charge in [-0.3, -0.25) is 14.3 Å². The highest BCUT2D eigenvalue weighted by molar-refractivity contribution is 5.95. The van der Waals surface area contributed by atoms with Gasteiger partial charge in [0, 0.05) is 25.8 Å². The maximum absolute atomic E-state index is 12.4. The number of aliphatic carboxylic acids is 1. The van der Waals surface area contributed by atoms with E-state index in [1.807, 2.05) is 6.92 Å². The molecule has 0 bridgehead atoms. The molecular formula is C14H21N3O3. The van der Waals surface area contributed by atoms with Crippen molar-refractivity contribution in [1.29, 1.82) is 0 Å². The van der Waals surface area contributed by atoms with Crippen LogP contribution >= 0.6 is 0 Å². The van der Waals surface area contributed by atoms with Gasteiger partial charge in [-0.15, -0.1) is 0 Å². The topological polar surface area (TPSA) is 75.4 Å². The molecule has 0 radical (unpaired) electrons. The Kier molecular flexibility index (Phi) is 4.42. The molecular weight excluding hydrogens is 258 g/mol. The zero-order valence-corrected chi connectivity index (χ0v) is 12.0. The normalized spacial score (nSPS) is 18.5. The fourth-order valence-electron chi connectivity index (χ4n) is 2.48. The van der Waals surface area contributed by atoms with E-state index in [1.54, 1.807) is 15.8 Å². The number of carbonyl (C=O) groups excluding carboxylic acids is 1. The van der Waals surface area contributed by atoms with Gasteiger partial charge in [0.15, 0.2) is 0 Å². The van der Waals surface area contributed by atoms with E-state index in [1.165, 1.54) is 0 Å². The van der Waals surface area contributed by atoms with Crippen LogP contribution in [0.4, 0.5) is 0 Å². The van der Waals surface area contributed by atoms with Crippen molar-refractivity contribution in [3.8, 4) is 0 Å². The number of nitrogens with zero attached hydrogens (tertiary/aromatic N) is 3. The van der Waals surface area contributed by atoms with Crippen LogP contribution < -0.4 is 0 Å². The highest BCUT2D eigenvalue weighted by Gasteiger charge is 2.32. The summed E-state index contributed by atoms with van der Waals surface area (Å²) in [7, 11) is 0. The highest BCUT2D eigenvalue weighted by atomic mass is 16.4. The van der Waals surface area contributed by atoms with Gasteiger partial charge in [-0.25, -0.2) is 0 Å². The van der Waals surface area contributed by atoms with Crippen molar-refractivity contribution < 1.29 is 14.7 Å². The zero-order chi connectivity index (χ0) is 14.7. The molecule has 1 amide bonds. The molecule has 0 saturated carbocycles. The summed E-state index contributed by atoms with van der Waals surface area (Å²) in [4.78, 5) is 25.0. The van der Waals surface area contributed by atoms with E-state index in [2.05, 4.69) is 12.0 Å². The Hall–Kier alpha value is -1.85. The molecule has 1 aliphatic heterocycles. The number of aryl methyl sites for hydroxylation is 2. The summed E-state index contributed by atoms with van der Waals surface area (Å²) >= 11 is 0. The van der Waals surface area contributed by atoms with Gasteiger partial charge in [-0.2, -0.15) is 5.10 Å². The van der Waals surface area contributed by atoms with Gasteiger partial charge in [-0.05, 0) is 19.8 Å². The summed E-state index contributed by atoms with van der Waals surface area (Å²) in [5.74, 6) is -1.36. The number of unbranched alkanes of at least 4 members (excludes halogenated alkanes) is 1. The van der Waals surface area contributed by atoms with Gasteiger partial charge < -0.3 is 10.0 Å². The van der Waals surface area contributed by atoms with Gasteiger partial charge in [-0.1, -0.05) is 13.3 Å². The van der Waals surface area contributed by atoms with Gasteiger partial charge >= 0.3 is 5.97 Å². The third-order valence-electron chi connectivity index (χ3n) is 3.74. The Morgan fingerprint density at radius 2 is 2.25 bits per heavy atom. The van der Waals surface area contributed by atoms with E-state index in [-0.39, 0.29) is 5.91 Å². The van der Waals surface area contributed by atoms with Crippen molar-refractivity contribution in [2.24, 2.45) is 5.92 Å². The second kappa shape index (κ2) is 6.07. The summed E-state index contributed by atoms with van der Waals surface area (Å²) in [6, 6.07) is 0. The average molecular weight is 279 g/mol. The van der Waals surface area contributed by atoms with E-state index in [0.29, 0.717) is 30.8 Å². The lowest BCUT2D eigenvalue weighted by Gasteiger charge is -2.14. The number of likely N-dealkylation sites (tertiary alicyclic amines) is 1. The predicted octanol–water partition coefficient (Wildman–Crippen LogP) is 1.54. The van der Waals surface area contributed by atoms with Crippen LogP contribution in [0.1, 0.15) is 42.2 Å². The lowest BCUT2D eigenvalue weighted by molar-refractivity contribution is -0.141. The molecule has 0 spiro atoms. The molecule has 1 aliphatic rings. The third kappa shape index (κ3) is 3.00. The van der Waals surface area contributed by atoms with Crippen LogP contribution in [0.3, 0.4) is 0 Å². The Balaban J connectivity index is 2.06. The molecule has 0 aliphatic carbocycles. The molecule has 1 aromatic rings. The Morgan fingerprint density at radius 3 is 2.85 bits per heavy atom. The average Bonchev–Trinajstić information content (AvgIpc) is 3.02. The molecule has 2 heterocycles. The van der Waals surface area contributed by atoms with Crippen LogP contribution in [0.25, 0.3) is 0 Å². The van der Waals surface area contributed by atoms with Crippen LogP contribution in [0.15, 0.2) is 6.20 Å². The number of amides is 1. The quantitative estimate of drug-likeness (QED) is 0.887. The minimum Gasteiger partial charge on any atom is -0.481 e. The number of carboxylic acid groups (broad SMARTS) is 1. The molecule has 1 fully saturated rings. The summed E-state index contributed by atoms with van der Waals surface area (Å²) < 4.78 is 1.80. The monoisotopic (exact) mass is 279 g/mol. The summed E-state index contributed by atoms with van der Waals surface area (Å²) in [5, 5.41) is 13.3. The first-order valence-electron chi connectivity index (χ1n) is 7.09. The summed E-state index contributed by atoms with van der Waals surface area (Å²) in [6.45, 7) is 5.55. The second-order valence-corrected chi connectivity index (χ2v) is 5.32. The Bertz CT molecular complexity index is 510. The molecule has 6 nitrogen and oxygen atoms in total.